The highest BCUT2D eigenvalue weighted by atomic mass is 16.6. The summed E-state index contributed by atoms with van der Waals surface area (Å²) in [5, 5.41) is 22.4. The zero-order chi connectivity index (χ0) is 15.7. The van der Waals surface area contributed by atoms with Crippen LogP contribution >= 0.6 is 0 Å². The maximum atomic E-state index is 10.8. The first kappa shape index (κ1) is 16.7. The van der Waals surface area contributed by atoms with Crippen molar-refractivity contribution in [1.29, 1.82) is 0 Å². The van der Waals surface area contributed by atoms with Crippen molar-refractivity contribution in [1.82, 2.24) is 0 Å². The third-order valence-corrected chi connectivity index (χ3v) is 3.06. The monoisotopic (exact) mass is 295 g/mol. The van der Waals surface area contributed by atoms with Crippen LogP contribution in [0.25, 0.3) is 0 Å². The molecule has 0 bridgehead atoms. The van der Waals surface area contributed by atoms with Gasteiger partial charge in [-0.2, -0.15) is 0 Å². The Morgan fingerprint density at radius 1 is 1.38 bits per heavy atom. The molecule has 0 saturated carbocycles. The molecule has 0 atom stereocenters. The molecule has 0 heterocycles. The third-order valence-electron chi connectivity index (χ3n) is 3.06. The van der Waals surface area contributed by atoms with Crippen molar-refractivity contribution >= 4 is 11.5 Å². The van der Waals surface area contributed by atoms with Gasteiger partial charge in [0.05, 0.1) is 17.1 Å². The van der Waals surface area contributed by atoms with Crippen molar-refractivity contribution in [3.8, 4) is 5.75 Å². The quantitative estimate of drug-likeness (QED) is 0.182. The molecule has 0 amide bonds. The molecule has 7 nitrogen and oxygen atoms in total. The summed E-state index contributed by atoms with van der Waals surface area (Å²) >= 11 is 0. The van der Waals surface area contributed by atoms with Gasteiger partial charge in [0, 0.05) is 12.1 Å². The van der Waals surface area contributed by atoms with E-state index in [-0.39, 0.29) is 17.1 Å². The highest BCUT2D eigenvalue weighted by Gasteiger charge is 2.15. The molecule has 0 radical (unpaired) electrons. The Morgan fingerprint density at radius 3 is 2.71 bits per heavy atom. The minimum atomic E-state index is -0.539. The van der Waals surface area contributed by atoms with Gasteiger partial charge in [0.2, 0.25) is 0 Å². The van der Waals surface area contributed by atoms with Gasteiger partial charge in [-0.05, 0) is 12.5 Å². The zero-order valence-electron chi connectivity index (χ0n) is 12.1. The molecule has 0 spiro atoms. The van der Waals surface area contributed by atoms with Crippen molar-refractivity contribution in [2.24, 2.45) is 10.9 Å². The summed E-state index contributed by atoms with van der Waals surface area (Å²) < 4.78 is 5.58. The van der Waals surface area contributed by atoms with Crippen molar-refractivity contribution in [2.75, 3.05) is 6.61 Å². The molecule has 7 heteroatoms. The lowest BCUT2D eigenvalue weighted by atomic mass is 10.1. The Hall–Kier alpha value is -2.31. The molecule has 0 aliphatic carbocycles. The predicted molar refractivity (Wildman–Crippen MR) is 79.9 cm³/mol. The summed E-state index contributed by atoms with van der Waals surface area (Å²) in [4.78, 5) is 10.2. The number of non-ortho nitro benzene ring substituents is 1. The summed E-state index contributed by atoms with van der Waals surface area (Å²) in [6.45, 7) is 2.64. The third kappa shape index (κ3) is 5.29. The average Bonchev–Trinajstić information content (AvgIpc) is 2.49. The fourth-order valence-corrected chi connectivity index (χ4v) is 1.90. The topological polar surface area (TPSA) is 111 Å². The van der Waals surface area contributed by atoms with E-state index in [2.05, 4.69) is 12.1 Å². The van der Waals surface area contributed by atoms with Crippen LogP contribution in [0, 0.1) is 10.1 Å². The van der Waals surface area contributed by atoms with Crippen molar-refractivity contribution in [2.45, 2.75) is 39.0 Å². The maximum absolute atomic E-state index is 10.8. The Balaban J connectivity index is 2.70. The fraction of sp³-hybridized carbons (Fsp3) is 0.500. The average molecular weight is 295 g/mol. The summed E-state index contributed by atoms with van der Waals surface area (Å²) in [6.07, 6.45) is 5.50. The van der Waals surface area contributed by atoms with Gasteiger partial charge in [0.1, 0.15) is 5.75 Å². The van der Waals surface area contributed by atoms with Crippen LogP contribution in [0.3, 0.4) is 0 Å². The smallest absolute Gasteiger partial charge is 0.270 e. The molecule has 1 rings (SSSR count). The lowest BCUT2D eigenvalue weighted by Crippen LogP contribution is -2.15. The molecular formula is C14H21N3O4. The van der Waals surface area contributed by atoms with E-state index in [1.54, 1.807) is 0 Å². The summed E-state index contributed by atoms with van der Waals surface area (Å²) in [5.74, 6) is 0.172. The largest absolute Gasteiger partial charge is 0.493 e. The number of nitrogens with zero attached hydrogens (tertiary/aromatic N) is 2. The van der Waals surface area contributed by atoms with Gasteiger partial charge >= 0.3 is 0 Å². The molecule has 1 aromatic rings. The number of hydrogen-bond acceptors (Lipinski definition) is 5. The number of unbranched alkanes of at least 4 members (excludes halogenated alkanes) is 4. The van der Waals surface area contributed by atoms with Crippen molar-refractivity contribution in [3.63, 3.8) is 0 Å². The first-order valence-electron chi connectivity index (χ1n) is 6.99. The highest BCUT2D eigenvalue weighted by molar-refractivity contribution is 6.00. The number of rotatable bonds is 9. The van der Waals surface area contributed by atoms with E-state index in [1.165, 1.54) is 31.0 Å². The number of amidine groups is 1. The first-order chi connectivity index (χ1) is 10.1. The second kappa shape index (κ2) is 8.78. The van der Waals surface area contributed by atoms with E-state index in [1.807, 2.05) is 0 Å². The molecule has 116 valence electrons. The summed E-state index contributed by atoms with van der Waals surface area (Å²) in [5.41, 5.74) is 5.62. The van der Waals surface area contributed by atoms with Crippen LogP contribution < -0.4 is 10.5 Å². The van der Waals surface area contributed by atoms with E-state index in [0.29, 0.717) is 12.4 Å². The SMILES string of the molecule is CCCCCCCOc1ccc([N+](=O)[O-])cc1C(N)=NO. The van der Waals surface area contributed by atoms with Gasteiger partial charge in [0.15, 0.2) is 5.84 Å². The van der Waals surface area contributed by atoms with Crippen LogP contribution in [-0.2, 0) is 0 Å². The molecule has 0 unspecified atom stereocenters. The van der Waals surface area contributed by atoms with Gasteiger partial charge in [-0.25, -0.2) is 0 Å². The standard InChI is InChI=1S/C14H21N3O4/c1-2-3-4-5-6-9-21-13-8-7-11(17(19)20)10-12(13)14(15)16-18/h7-8,10,18H,2-6,9H2,1H3,(H2,15,16). The molecule has 1 aromatic carbocycles. The molecular weight excluding hydrogens is 274 g/mol. The summed E-state index contributed by atoms with van der Waals surface area (Å²) in [6, 6.07) is 4.04. The first-order valence-corrected chi connectivity index (χ1v) is 6.99. The zero-order valence-corrected chi connectivity index (χ0v) is 12.1. The minimum Gasteiger partial charge on any atom is -0.493 e. The van der Waals surface area contributed by atoms with Gasteiger partial charge in [-0.15, -0.1) is 0 Å². The molecule has 0 aromatic heterocycles. The van der Waals surface area contributed by atoms with Crippen LogP contribution in [0.5, 0.6) is 5.75 Å². The summed E-state index contributed by atoms with van der Waals surface area (Å²) in [7, 11) is 0. The van der Waals surface area contributed by atoms with Gasteiger partial charge < -0.3 is 15.7 Å². The maximum Gasteiger partial charge on any atom is 0.270 e. The van der Waals surface area contributed by atoms with Gasteiger partial charge in [-0.1, -0.05) is 37.8 Å². The Kier molecular flexibility index (Phi) is 7.00. The second-order valence-electron chi connectivity index (χ2n) is 4.69. The number of ether oxygens (including phenoxy) is 1. The van der Waals surface area contributed by atoms with Gasteiger partial charge in [0.25, 0.3) is 5.69 Å². The fourth-order valence-electron chi connectivity index (χ4n) is 1.90. The number of hydrogen-bond donors (Lipinski definition) is 2. The van der Waals surface area contributed by atoms with Crippen molar-refractivity contribution in [3.05, 3.63) is 33.9 Å². The Bertz CT molecular complexity index is 503. The van der Waals surface area contributed by atoms with Crippen molar-refractivity contribution < 1.29 is 14.9 Å². The van der Waals surface area contributed by atoms with Crippen LogP contribution in [0.4, 0.5) is 5.69 Å². The molecule has 0 fully saturated rings. The van der Waals surface area contributed by atoms with E-state index in [0.717, 1.165) is 19.3 Å². The number of nitro groups is 1. The van der Waals surface area contributed by atoms with Crippen LogP contribution in [0.15, 0.2) is 23.4 Å². The number of nitro benzene ring substituents is 1. The van der Waals surface area contributed by atoms with Gasteiger partial charge in [-0.3, -0.25) is 10.1 Å². The lowest BCUT2D eigenvalue weighted by molar-refractivity contribution is -0.384. The van der Waals surface area contributed by atoms with E-state index in [9.17, 15) is 10.1 Å². The number of nitrogens with two attached hydrogens (primary N) is 1. The molecule has 21 heavy (non-hydrogen) atoms. The molecule has 0 saturated heterocycles. The minimum absolute atomic E-state index is 0.133. The lowest BCUT2D eigenvalue weighted by Gasteiger charge is -2.10. The van der Waals surface area contributed by atoms with E-state index < -0.39 is 4.92 Å². The van der Waals surface area contributed by atoms with Crippen LogP contribution in [-0.4, -0.2) is 22.6 Å². The van der Waals surface area contributed by atoms with E-state index in [4.69, 9.17) is 15.7 Å². The van der Waals surface area contributed by atoms with E-state index >= 15 is 0 Å². The predicted octanol–water partition coefficient (Wildman–Crippen LogP) is 3.04. The highest BCUT2D eigenvalue weighted by Crippen LogP contribution is 2.24. The molecule has 3 N–H and O–H groups in total. The number of oxime groups is 1. The second-order valence-corrected chi connectivity index (χ2v) is 4.69. The number of benzene rings is 1. The van der Waals surface area contributed by atoms with Crippen LogP contribution in [0.1, 0.15) is 44.6 Å². The molecule has 0 aliphatic heterocycles. The van der Waals surface area contributed by atoms with Crippen LogP contribution in [0.2, 0.25) is 0 Å². The molecule has 0 aliphatic rings. The Morgan fingerprint density at radius 2 is 2.10 bits per heavy atom. The normalized spacial score (nSPS) is 11.4. The Labute approximate surface area is 123 Å².